The molecule has 9 aromatic carbocycles. The van der Waals surface area contributed by atoms with Crippen molar-refractivity contribution in [2.24, 2.45) is 0 Å². The van der Waals surface area contributed by atoms with Gasteiger partial charge in [0.05, 0.1) is 5.69 Å². The molecule has 0 amide bonds. The molecule has 0 atom stereocenters. The molecule has 0 saturated carbocycles. The Bertz CT molecular complexity index is 3250. The van der Waals surface area contributed by atoms with Crippen molar-refractivity contribution in [3.8, 4) is 44.5 Å². The van der Waals surface area contributed by atoms with Crippen LogP contribution in [0.1, 0.15) is 0 Å². The molecule has 0 saturated heterocycles. The number of hydrogen-bond donors (Lipinski definition) is 0. The maximum atomic E-state index is 6.15. The number of hydrogen-bond acceptors (Lipinski definition) is 3. The third kappa shape index (κ3) is 5.80. The quantitative estimate of drug-likeness (QED) is 0.162. The van der Waals surface area contributed by atoms with E-state index in [0.717, 1.165) is 55.7 Å². The van der Waals surface area contributed by atoms with E-state index in [1.165, 1.54) is 48.0 Å². The minimum absolute atomic E-state index is 0.905. The molecule has 0 aliphatic carbocycles. The van der Waals surface area contributed by atoms with E-state index in [1.807, 2.05) is 23.5 Å². The summed E-state index contributed by atoms with van der Waals surface area (Å²) in [6.07, 6.45) is 0. The summed E-state index contributed by atoms with van der Waals surface area (Å²) in [5, 5.41) is 4.82. The third-order valence-electron chi connectivity index (χ3n) is 11.1. The summed E-state index contributed by atoms with van der Waals surface area (Å²) in [7, 11) is 0. The summed E-state index contributed by atoms with van der Waals surface area (Å²) in [5.41, 5.74) is 14.6. The average molecular weight is 746 g/mol. The van der Waals surface area contributed by atoms with Crippen LogP contribution in [-0.4, -0.2) is 0 Å². The number of furan rings is 1. The smallest absolute Gasteiger partial charge is 0.135 e. The van der Waals surface area contributed by atoms with E-state index in [0.29, 0.717) is 0 Å². The SMILES string of the molecule is c1ccc(-c2ccccc2-c2ccccc2-c2ccccc2N(c2ccc(-c3ccc4oc5ccccc5c4c3)cc2)c2ccc3sc4ccccc4c3c2)cc1. The summed E-state index contributed by atoms with van der Waals surface area (Å²) in [6.45, 7) is 0. The zero-order chi connectivity index (χ0) is 37.7. The van der Waals surface area contributed by atoms with Crippen LogP contribution in [0.2, 0.25) is 0 Å². The van der Waals surface area contributed by atoms with Crippen LogP contribution in [0.5, 0.6) is 0 Å². The predicted molar refractivity (Wildman–Crippen MR) is 243 cm³/mol. The summed E-state index contributed by atoms with van der Waals surface area (Å²) < 4.78 is 8.74. The second kappa shape index (κ2) is 13.8. The molecule has 0 spiro atoms. The lowest BCUT2D eigenvalue weighted by Gasteiger charge is -2.29. The Hall–Kier alpha value is -7.20. The molecule has 0 aliphatic rings. The molecule has 11 rings (SSSR count). The lowest BCUT2D eigenvalue weighted by molar-refractivity contribution is 0.669. The van der Waals surface area contributed by atoms with Gasteiger partial charge in [0, 0.05) is 47.9 Å². The molecule has 2 heterocycles. The van der Waals surface area contributed by atoms with Gasteiger partial charge in [-0.25, -0.2) is 0 Å². The van der Waals surface area contributed by atoms with Crippen molar-refractivity contribution in [2.45, 2.75) is 0 Å². The van der Waals surface area contributed by atoms with E-state index in [2.05, 4.69) is 205 Å². The summed E-state index contributed by atoms with van der Waals surface area (Å²) in [6, 6.07) is 76.6. The van der Waals surface area contributed by atoms with E-state index in [1.54, 1.807) is 0 Å². The summed E-state index contributed by atoms with van der Waals surface area (Å²) in [4.78, 5) is 2.43. The van der Waals surface area contributed by atoms with Gasteiger partial charge in [-0.1, -0.05) is 152 Å². The normalized spacial score (nSPS) is 11.5. The Balaban J connectivity index is 1.09. The molecule has 57 heavy (non-hydrogen) atoms. The van der Waals surface area contributed by atoms with Crippen LogP contribution < -0.4 is 4.90 Å². The molecule has 2 aromatic heterocycles. The maximum absolute atomic E-state index is 6.15. The molecule has 0 fully saturated rings. The first-order chi connectivity index (χ1) is 28.3. The molecular weight excluding hydrogens is 711 g/mol. The lowest BCUT2D eigenvalue weighted by atomic mass is 9.88. The monoisotopic (exact) mass is 745 g/mol. The number of para-hydroxylation sites is 2. The Kier molecular flexibility index (Phi) is 8.04. The van der Waals surface area contributed by atoms with Crippen molar-refractivity contribution in [2.75, 3.05) is 4.90 Å². The number of benzene rings is 9. The molecule has 0 aliphatic heterocycles. The zero-order valence-electron chi connectivity index (χ0n) is 31.0. The van der Waals surface area contributed by atoms with Gasteiger partial charge in [-0.15, -0.1) is 11.3 Å². The van der Waals surface area contributed by atoms with E-state index in [9.17, 15) is 0 Å². The van der Waals surface area contributed by atoms with Gasteiger partial charge in [0.1, 0.15) is 11.2 Å². The van der Waals surface area contributed by atoms with Crippen LogP contribution in [-0.2, 0) is 0 Å². The number of fused-ring (bicyclic) bond motifs is 6. The minimum Gasteiger partial charge on any atom is -0.456 e. The highest BCUT2D eigenvalue weighted by atomic mass is 32.1. The number of nitrogens with zero attached hydrogens (tertiary/aromatic N) is 1. The van der Waals surface area contributed by atoms with Crippen LogP contribution in [0.4, 0.5) is 17.1 Å². The van der Waals surface area contributed by atoms with Gasteiger partial charge in [0.2, 0.25) is 0 Å². The maximum Gasteiger partial charge on any atom is 0.135 e. The van der Waals surface area contributed by atoms with E-state index in [4.69, 9.17) is 4.42 Å². The van der Waals surface area contributed by atoms with E-state index in [-0.39, 0.29) is 0 Å². The number of rotatable bonds is 7. The molecule has 11 aromatic rings. The van der Waals surface area contributed by atoms with Crippen molar-refractivity contribution in [3.63, 3.8) is 0 Å². The molecular formula is C54H35NOS. The first-order valence-electron chi connectivity index (χ1n) is 19.3. The molecule has 0 unspecified atom stereocenters. The van der Waals surface area contributed by atoms with Gasteiger partial charge in [-0.2, -0.15) is 0 Å². The molecule has 0 bridgehead atoms. The number of thiophene rings is 1. The molecule has 2 nitrogen and oxygen atoms in total. The Morgan fingerprint density at radius 2 is 0.877 bits per heavy atom. The standard InChI is InChI=1S/C54H35NOS/c1-2-14-37(15-3-1)41-16-4-5-17-42(41)43-18-6-7-19-44(43)45-20-8-11-23-50(45)55(40-31-33-54-49(35-40)47-22-10-13-25-53(47)57-54)39-29-26-36(27-30-39)38-28-32-52-48(34-38)46-21-9-12-24-51(46)56-52/h1-35H. The largest absolute Gasteiger partial charge is 0.456 e. The van der Waals surface area contributed by atoms with Gasteiger partial charge in [0.25, 0.3) is 0 Å². The molecule has 0 N–H and O–H groups in total. The molecule has 3 heteroatoms. The topological polar surface area (TPSA) is 16.4 Å². The van der Waals surface area contributed by atoms with Crippen LogP contribution in [0.15, 0.2) is 217 Å². The Labute approximate surface area is 335 Å². The van der Waals surface area contributed by atoms with Crippen molar-refractivity contribution >= 4 is 70.5 Å². The second-order valence-corrected chi connectivity index (χ2v) is 15.5. The van der Waals surface area contributed by atoms with Crippen LogP contribution in [0.25, 0.3) is 86.6 Å². The highest BCUT2D eigenvalue weighted by Gasteiger charge is 2.21. The highest BCUT2D eigenvalue weighted by molar-refractivity contribution is 7.25. The second-order valence-electron chi connectivity index (χ2n) is 14.4. The van der Waals surface area contributed by atoms with Crippen molar-refractivity contribution in [3.05, 3.63) is 212 Å². The van der Waals surface area contributed by atoms with Gasteiger partial charge in [-0.05, 0) is 99.6 Å². The third-order valence-corrected chi connectivity index (χ3v) is 12.3. The zero-order valence-corrected chi connectivity index (χ0v) is 31.8. The first kappa shape index (κ1) is 33.2. The summed E-state index contributed by atoms with van der Waals surface area (Å²) >= 11 is 1.85. The van der Waals surface area contributed by atoms with Crippen LogP contribution >= 0.6 is 11.3 Å². The molecule has 0 radical (unpaired) electrons. The van der Waals surface area contributed by atoms with Crippen molar-refractivity contribution in [1.82, 2.24) is 0 Å². The first-order valence-corrected chi connectivity index (χ1v) is 20.1. The van der Waals surface area contributed by atoms with Gasteiger partial charge in [0.15, 0.2) is 0 Å². The van der Waals surface area contributed by atoms with Crippen molar-refractivity contribution < 1.29 is 4.42 Å². The fourth-order valence-corrected chi connectivity index (χ4v) is 9.51. The van der Waals surface area contributed by atoms with E-state index < -0.39 is 0 Å². The van der Waals surface area contributed by atoms with E-state index >= 15 is 0 Å². The highest BCUT2D eigenvalue weighted by Crippen LogP contribution is 2.47. The van der Waals surface area contributed by atoms with Crippen LogP contribution in [0, 0.1) is 0 Å². The van der Waals surface area contributed by atoms with Gasteiger partial charge >= 0.3 is 0 Å². The molecule has 268 valence electrons. The lowest BCUT2D eigenvalue weighted by Crippen LogP contribution is -2.11. The fourth-order valence-electron chi connectivity index (χ4n) is 8.43. The van der Waals surface area contributed by atoms with Gasteiger partial charge < -0.3 is 9.32 Å². The summed E-state index contributed by atoms with van der Waals surface area (Å²) in [5.74, 6) is 0. The fraction of sp³-hybridized carbons (Fsp3) is 0. The average Bonchev–Trinajstić information content (AvgIpc) is 3.85. The Morgan fingerprint density at radius 1 is 0.316 bits per heavy atom. The van der Waals surface area contributed by atoms with Gasteiger partial charge in [-0.3, -0.25) is 0 Å². The van der Waals surface area contributed by atoms with Crippen LogP contribution in [0.3, 0.4) is 0 Å². The Morgan fingerprint density at radius 3 is 1.68 bits per heavy atom. The minimum atomic E-state index is 0.905. The predicted octanol–water partition coefficient (Wildman–Crippen LogP) is 16.1. The number of anilines is 3. The van der Waals surface area contributed by atoms with Crippen molar-refractivity contribution in [1.29, 1.82) is 0 Å².